The molecule has 0 aliphatic heterocycles. The summed E-state index contributed by atoms with van der Waals surface area (Å²) < 4.78 is 24.6. The lowest BCUT2D eigenvalue weighted by Gasteiger charge is -2.09. The maximum absolute atomic E-state index is 12.2. The normalized spacial score (nSPS) is 11.0. The molecule has 2 aromatic carbocycles. The van der Waals surface area contributed by atoms with Crippen molar-refractivity contribution in [3.05, 3.63) is 59.2 Å². The Morgan fingerprint density at radius 2 is 1.55 bits per heavy atom. The predicted octanol–water partition coefficient (Wildman–Crippen LogP) is 2.93. The van der Waals surface area contributed by atoms with Gasteiger partial charge in [0.2, 0.25) is 10.0 Å². The lowest BCUT2D eigenvalue weighted by Crippen LogP contribution is -2.13. The van der Waals surface area contributed by atoms with Crippen LogP contribution in [0.2, 0.25) is 0 Å². The molecule has 0 fully saturated rings. The molecular formula is C16H18N2O3S. The molecule has 0 radical (unpaired) electrons. The minimum atomic E-state index is -3.30. The van der Waals surface area contributed by atoms with Crippen LogP contribution in [-0.4, -0.2) is 20.6 Å². The summed E-state index contributed by atoms with van der Waals surface area (Å²) in [5, 5.41) is 2.79. The Hall–Kier alpha value is -2.34. The molecule has 0 atom stereocenters. The third kappa shape index (κ3) is 4.33. The van der Waals surface area contributed by atoms with Crippen molar-refractivity contribution in [2.45, 2.75) is 13.8 Å². The smallest absolute Gasteiger partial charge is 0.255 e. The molecule has 1 amide bonds. The zero-order valence-electron chi connectivity index (χ0n) is 12.7. The minimum Gasteiger partial charge on any atom is -0.322 e. The van der Waals surface area contributed by atoms with Crippen molar-refractivity contribution in [2.75, 3.05) is 16.3 Å². The zero-order valence-corrected chi connectivity index (χ0v) is 13.5. The zero-order chi connectivity index (χ0) is 16.3. The van der Waals surface area contributed by atoms with Crippen molar-refractivity contribution in [1.29, 1.82) is 0 Å². The molecule has 5 nitrogen and oxygen atoms in total. The Morgan fingerprint density at radius 1 is 0.955 bits per heavy atom. The second-order valence-corrected chi connectivity index (χ2v) is 6.97. The van der Waals surface area contributed by atoms with Crippen molar-refractivity contribution in [3.8, 4) is 0 Å². The van der Waals surface area contributed by atoms with E-state index < -0.39 is 10.0 Å². The second kappa shape index (κ2) is 6.19. The number of hydrogen-bond acceptors (Lipinski definition) is 3. The van der Waals surface area contributed by atoms with Gasteiger partial charge in [-0.25, -0.2) is 8.42 Å². The number of hydrogen-bond donors (Lipinski definition) is 2. The first-order chi connectivity index (χ1) is 10.2. The summed E-state index contributed by atoms with van der Waals surface area (Å²) >= 11 is 0. The Labute approximate surface area is 130 Å². The van der Waals surface area contributed by atoms with Gasteiger partial charge in [-0.05, 0) is 49.7 Å². The lowest BCUT2D eigenvalue weighted by atomic mass is 10.1. The Kier molecular flexibility index (Phi) is 4.51. The van der Waals surface area contributed by atoms with E-state index in [0.29, 0.717) is 16.9 Å². The van der Waals surface area contributed by atoms with Crippen LogP contribution in [0.15, 0.2) is 42.5 Å². The van der Waals surface area contributed by atoms with Crippen molar-refractivity contribution in [3.63, 3.8) is 0 Å². The van der Waals surface area contributed by atoms with Crippen LogP contribution < -0.4 is 10.0 Å². The summed E-state index contributed by atoms with van der Waals surface area (Å²) in [7, 11) is -3.30. The Bertz CT molecular complexity index is 797. The monoisotopic (exact) mass is 318 g/mol. The van der Waals surface area contributed by atoms with E-state index in [0.717, 1.165) is 17.4 Å². The van der Waals surface area contributed by atoms with Crippen LogP contribution >= 0.6 is 0 Å². The molecule has 2 N–H and O–H groups in total. The quantitative estimate of drug-likeness (QED) is 0.910. The van der Waals surface area contributed by atoms with Gasteiger partial charge in [0.1, 0.15) is 0 Å². The third-order valence-corrected chi connectivity index (χ3v) is 3.68. The molecule has 2 aromatic rings. The average Bonchev–Trinajstić information content (AvgIpc) is 2.39. The number of carbonyl (C=O) groups excluding carboxylic acids is 1. The molecule has 0 unspecified atom stereocenters. The summed E-state index contributed by atoms with van der Waals surface area (Å²) in [6, 6.07) is 12.1. The molecule has 6 heteroatoms. The first kappa shape index (κ1) is 16.0. The highest BCUT2D eigenvalue weighted by atomic mass is 32.2. The number of benzene rings is 2. The van der Waals surface area contributed by atoms with E-state index in [1.54, 1.807) is 30.3 Å². The van der Waals surface area contributed by atoms with Crippen LogP contribution in [0.1, 0.15) is 21.5 Å². The van der Waals surface area contributed by atoms with Crippen LogP contribution in [0.25, 0.3) is 0 Å². The van der Waals surface area contributed by atoms with Crippen LogP contribution in [0.5, 0.6) is 0 Å². The lowest BCUT2D eigenvalue weighted by molar-refractivity contribution is 0.102. The van der Waals surface area contributed by atoms with E-state index in [1.807, 2.05) is 26.0 Å². The van der Waals surface area contributed by atoms with E-state index in [4.69, 9.17) is 0 Å². The average molecular weight is 318 g/mol. The van der Waals surface area contributed by atoms with Gasteiger partial charge in [-0.3, -0.25) is 9.52 Å². The third-order valence-electron chi connectivity index (χ3n) is 3.07. The number of aryl methyl sites for hydroxylation is 2. The molecular weight excluding hydrogens is 300 g/mol. The molecule has 0 aromatic heterocycles. The van der Waals surface area contributed by atoms with E-state index in [-0.39, 0.29) is 5.91 Å². The molecule has 116 valence electrons. The van der Waals surface area contributed by atoms with Crippen molar-refractivity contribution < 1.29 is 13.2 Å². The van der Waals surface area contributed by atoms with Gasteiger partial charge in [-0.2, -0.15) is 0 Å². The number of amides is 1. The van der Waals surface area contributed by atoms with E-state index in [1.165, 1.54) is 0 Å². The van der Waals surface area contributed by atoms with Crippen molar-refractivity contribution in [1.82, 2.24) is 0 Å². The molecule has 0 aliphatic carbocycles. The molecule has 0 bridgehead atoms. The fourth-order valence-electron chi connectivity index (χ4n) is 2.10. The SMILES string of the molecule is Cc1ccc(C(=O)Nc2ccc(NS(C)(=O)=O)cc2)c(C)c1. The highest BCUT2D eigenvalue weighted by Gasteiger charge is 2.09. The summed E-state index contributed by atoms with van der Waals surface area (Å²) in [4.78, 5) is 12.2. The topological polar surface area (TPSA) is 75.3 Å². The molecule has 0 heterocycles. The first-order valence-corrected chi connectivity index (χ1v) is 8.60. The van der Waals surface area contributed by atoms with Gasteiger partial charge in [0.05, 0.1) is 6.26 Å². The van der Waals surface area contributed by atoms with E-state index >= 15 is 0 Å². The van der Waals surface area contributed by atoms with Gasteiger partial charge in [0.15, 0.2) is 0 Å². The fourth-order valence-corrected chi connectivity index (χ4v) is 2.67. The van der Waals surface area contributed by atoms with E-state index in [9.17, 15) is 13.2 Å². The van der Waals surface area contributed by atoms with Gasteiger partial charge < -0.3 is 5.32 Å². The van der Waals surface area contributed by atoms with Crippen LogP contribution in [0.4, 0.5) is 11.4 Å². The van der Waals surface area contributed by atoms with Crippen LogP contribution in [0.3, 0.4) is 0 Å². The minimum absolute atomic E-state index is 0.193. The molecule has 0 saturated heterocycles. The van der Waals surface area contributed by atoms with Crippen molar-refractivity contribution in [2.24, 2.45) is 0 Å². The van der Waals surface area contributed by atoms with Gasteiger partial charge in [0, 0.05) is 16.9 Å². The van der Waals surface area contributed by atoms with Crippen LogP contribution in [-0.2, 0) is 10.0 Å². The van der Waals surface area contributed by atoms with Gasteiger partial charge >= 0.3 is 0 Å². The molecule has 2 rings (SSSR count). The molecule has 0 saturated carbocycles. The highest BCUT2D eigenvalue weighted by molar-refractivity contribution is 7.92. The maximum Gasteiger partial charge on any atom is 0.255 e. The first-order valence-electron chi connectivity index (χ1n) is 6.71. The maximum atomic E-state index is 12.2. The Balaban J connectivity index is 2.12. The number of anilines is 2. The largest absolute Gasteiger partial charge is 0.322 e. The van der Waals surface area contributed by atoms with Gasteiger partial charge in [0.25, 0.3) is 5.91 Å². The predicted molar refractivity (Wildman–Crippen MR) is 88.8 cm³/mol. The van der Waals surface area contributed by atoms with Crippen LogP contribution in [0, 0.1) is 13.8 Å². The molecule has 22 heavy (non-hydrogen) atoms. The number of carbonyl (C=O) groups is 1. The second-order valence-electron chi connectivity index (χ2n) is 5.22. The Morgan fingerprint density at radius 3 is 2.09 bits per heavy atom. The number of nitrogens with one attached hydrogen (secondary N) is 2. The standard InChI is InChI=1S/C16H18N2O3S/c1-11-4-9-15(12(2)10-11)16(19)17-13-5-7-14(8-6-13)18-22(3,20)21/h4-10,18H,1-3H3,(H,17,19). The summed E-state index contributed by atoms with van der Waals surface area (Å²) in [6.07, 6.45) is 1.09. The summed E-state index contributed by atoms with van der Waals surface area (Å²) in [5.74, 6) is -0.193. The van der Waals surface area contributed by atoms with Gasteiger partial charge in [-0.15, -0.1) is 0 Å². The van der Waals surface area contributed by atoms with Gasteiger partial charge in [-0.1, -0.05) is 17.7 Å². The summed E-state index contributed by atoms with van der Waals surface area (Å²) in [6.45, 7) is 3.86. The highest BCUT2D eigenvalue weighted by Crippen LogP contribution is 2.17. The number of sulfonamides is 1. The fraction of sp³-hybridized carbons (Fsp3) is 0.188. The van der Waals surface area contributed by atoms with Crippen molar-refractivity contribution >= 4 is 27.3 Å². The molecule has 0 spiro atoms. The van der Waals surface area contributed by atoms with E-state index in [2.05, 4.69) is 10.0 Å². The summed E-state index contributed by atoms with van der Waals surface area (Å²) in [5.41, 5.74) is 3.68. The number of rotatable bonds is 4. The molecule has 0 aliphatic rings.